The first-order chi connectivity index (χ1) is 11.3. The van der Waals surface area contributed by atoms with Crippen LogP contribution < -0.4 is 0 Å². The molecule has 5 atom stereocenters. The van der Waals surface area contributed by atoms with Crippen molar-refractivity contribution in [3.63, 3.8) is 0 Å². The van der Waals surface area contributed by atoms with E-state index in [2.05, 4.69) is 19.9 Å². The largest absolute Gasteiger partial charge is 0.450 e. The molecular formula is C20H30O4. The molecule has 0 saturated carbocycles. The Balaban J connectivity index is 1.87. The topological polar surface area (TPSA) is 55.8 Å². The predicted octanol–water partition coefficient (Wildman–Crippen LogP) is 3.68. The highest BCUT2D eigenvalue weighted by Gasteiger charge is 2.41. The molecule has 0 spiro atoms. The van der Waals surface area contributed by atoms with Crippen molar-refractivity contribution in [3.05, 3.63) is 22.8 Å². The average Bonchev–Trinajstić information content (AvgIpc) is 2.77. The Morgan fingerprint density at radius 3 is 2.71 bits per heavy atom. The number of carbonyl (C=O) groups excluding carboxylic acids is 1. The number of ether oxygens (including phenoxy) is 2. The van der Waals surface area contributed by atoms with E-state index in [4.69, 9.17) is 9.47 Å². The van der Waals surface area contributed by atoms with Crippen molar-refractivity contribution in [2.75, 3.05) is 0 Å². The van der Waals surface area contributed by atoms with Crippen molar-refractivity contribution in [1.29, 1.82) is 0 Å². The molecule has 0 aliphatic carbocycles. The van der Waals surface area contributed by atoms with Gasteiger partial charge in [-0.3, -0.25) is 0 Å². The Morgan fingerprint density at radius 2 is 1.96 bits per heavy atom. The molecule has 3 aliphatic heterocycles. The van der Waals surface area contributed by atoms with Gasteiger partial charge >= 0.3 is 5.97 Å². The van der Waals surface area contributed by atoms with Crippen LogP contribution in [0.3, 0.4) is 0 Å². The second kappa shape index (κ2) is 6.64. The Bertz CT molecular complexity index is 572. The first-order valence-corrected chi connectivity index (χ1v) is 9.23. The lowest BCUT2D eigenvalue weighted by molar-refractivity contribution is -0.181. The van der Waals surface area contributed by atoms with E-state index in [-0.39, 0.29) is 24.3 Å². The summed E-state index contributed by atoms with van der Waals surface area (Å²) in [6.07, 6.45) is 7.13. The van der Waals surface area contributed by atoms with E-state index in [0.29, 0.717) is 5.92 Å². The van der Waals surface area contributed by atoms with Crippen LogP contribution in [0.5, 0.6) is 0 Å². The number of allylic oxidation sites excluding steroid dienone is 1. The van der Waals surface area contributed by atoms with Crippen LogP contribution in [0.4, 0.5) is 0 Å². The minimum atomic E-state index is -0.748. The molecule has 24 heavy (non-hydrogen) atoms. The lowest BCUT2D eigenvalue weighted by Gasteiger charge is -2.43. The van der Waals surface area contributed by atoms with Gasteiger partial charge in [0.25, 0.3) is 0 Å². The lowest BCUT2D eigenvalue weighted by Crippen LogP contribution is -2.49. The average molecular weight is 334 g/mol. The summed E-state index contributed by atoms with van der Waals surface area (Å²) in [6.45, 7) is 8.06. The van der Waals surface area contributed by atoms with Gasteiger partial charge in [-0.25, -0.2) is 4.79 Å². The summed E-state index contributed by atoms with van der Waals surface area (Å²) in [5, 5.41) is 10.7. The number of aliphatic hydroxyl groups is 1. The number of fused-ring (bicyclic) bond motifs is 3. The molecule has 3 rings (SSSR count). The van der Waals surface area contributed by atoms with Crippen molar-refractivity contribution in [2.24, 2.45) is 5.92 Å². The summed E-state index contributed by atoms with van der Waals surface area (Å²) >= 11 is 0. The van der Waals surface area contributed by atoms with Gasteiger partial charge in [-0.2, -0.15) is 0 Å². The summed E-state index contributed by atoms with van der Waals surface area (Å²) in [7, 11) is 0. The third-order valence-corrected chi connectivity index (χ3v) is 6.07. The van der Waals surface area contributed by atoms with E-state index in [9.17, 15) is 9.90 Å². The molecule has 3 heterocycles. The number of esters is 1. The first kappa shape index (κ1) is 17.7. The summed E-state index contributed by atoms with van der Waals surface area (Å²) in [5.74, 6) is 0.226. The van der Waals surface area contributed by atoms with E-state index in [0.717, 1.165) is 49.7 Å². The minimum absolute atomic E-state index is 0.121. The zero-order valence-corrected chi connectivity index (χ0v) is 15.3. The quantitative estimate of drug-likeness (QED) is 0.542. The normalized spacial score (nSPS) is 43.2. The van der Waals surface area contributed by atoms with Crippen LogP contribution in [-0.2, 0) is 14.3 Å². The summed E-state index contributed by atoms with van der Waals surface area (Å²) in [4.78, 5) is 12.0. The highest BCUT2D eigenvalue weighted by molar-refractivity contribution is 5.92. The molecule has 1 N–H and O–H groups in total. The molecule has 134 valence electrons. The second-order valence-electron chi connectivity index (χ2n) is 8.10. The minimum Gasteiger partial charge on any atom is -0.450 e. The molecule has 0 aromatic heterocycles. The van der Waals surface area contributed by atoms with Crippen LogP contribution in [0.2, 0.25) is 0 Å². The number of hydrogen-bond donors (Lipinski definition) is 1. The van der Waals surface area contributed by atoms with Crippen LogP contribution in [0.1, 0.15) is 66.2 Å². The summed E-state index contributed by atoms with van der Waals surface area (Å²) in [6, 6.07) is 0. The monoisotopic (exact) mass is 334 g/mol. The highest BCUT2D eigenvalue weighted by atomic mass is 16.5. The molecule has 0 radical (unpaired) electrons. The van der Waals surface area contributed by atoms with Crippen LogP contribution in [0, 0.1) is 5.92 Å². The van der Waals surface area contributed by atoms with E-state index >= 15 is 0 Å². The highest BCUT2D eigenvalue weighted by Crippen LogP contribution is 2.38. The maximum atomic E-state index is 12.0. The molecule has 0 amide bonds. The van der Waals surface area contributed by atoms with Gasteiger partial charge in [0, 0.05) is 5.57 Å². The van der Waals surface area contributed by atoms with Gasteiger partial charge in [0.15, 0.2) is 0 Å². The Labute approximate surface area is 144 Å². The van der Waals surface area contributed by atoms with E-state index in [1.807, 2.05) is 13.8 Å². The first-order valence-electron chi connectivity index (χ1n) is 9.23. The number of hydrogen-bond acceptors (Lipinski definition) is 4. The molecule has 1 saturated heterocycles. The summed E-state index contributed by atoms with van der Waals surface area (Å²) < 4.78 is 11.9. The van der Waals surface area contributed by atoms with Crippen molar-refractivity contribution < 1.29 is 19.4 Å². The van der Waals surface area contributed by atoms with Gasteiger partial charge in [0.2, 0.25) is 0 Å². The van der Waals surface area contributed by atoms with E-state index in [1.54, 1.807) is 0 Å². The number of rotatable bonds is 0. The fraction of sp³-hybridized carbons (Fsp3) is 0.750. The SMILES string of the molecule is CC1=C2CC[C@@H](C)[C@H]3CC[C@](C)(O)[C@@H](CC/C(C)=C/[C@@H]2OC1=O)O3. The molecule has 3 aliphatic rings. The van der Waals surface area contributed by atoms with Gasteiger partial charge in [-0.05, 0) is 76.9 Å². The van der Waals surface area contributed by atoms with E-state index in [1.165, 1.54) is 5.57 Å². The fourth-order valence-electron chi connectivity index (χ4n) is 4.17. The molecule has 4 heteroatoms. The third kappa shape index (κ3) is 3.45. The molecular weight excluding hydrogens is 304 g/mol. The standard InChI is InChI=1S/C20H30O4/c1-12-5-8-18-20(4,22)10-9-16(23-18)13(2)6-7-15-14(3)19(21)24-17(15)11-12/h11,13,16-18,22H,5-10H2,1-4H3/b12-11+/t13-,16-,17+,18-,20+/m1/s1. The maximum absolute atomic E-state index is 12.0. The maximum Gasteiger partial charge on any atom is 0.334 e. The van der Waals surface area contributed by atoms with Crippen LogP contribution in [-0.4, -0.2) is 35.0 Å². The van der Waals surface area contributed by atoms with Gasteiger partial charge in [0.05, 0.1) is 17.8 Å². The van der Waals surface area contributed by atoms with Crippen molar-refractivity contribution in [3.8, 4) is 0 Å². The summed E-state index contributed by atoms with van der Waals surface area (Å²) in [5.41, 5.74) is 2.35. The molecule has 0 aromatic carbocycles. The van der Waals surface area contributed by atoms with Gasteiger partial charge in [-0.15, -0.1) is 0 Å². The van der Waals surface area contributed by atoms with Crippen molar-refractivity contribution >= 4 is 5.97 Å². The molecule has 4 nitrogen and oxygen atoms in total. The van der Waals surface area contributed by atoms with Crippen LogP contribution in [0.25, 0.3) is 0 Å². The molecule has 0 aromatic rings. The molecule has 2 bridgehead atoms. The molecule has 0 unspecified atom stereocenters. The Kier molecular flexibility index (Phi) is 4.89. The predicted molar refractivity (Wildman–Crippen MR) is 92.5 cm³/mol. The third-order valence-electron chi connectivity index (χ3n) is 6.07. The van der Waals surface area contributed by atoms with Gasteiger partial charge in [0.1, 0.15) is 6.10 Å². The Hall–Kier alpha value is -1.13. The van der Waals surface area contributed by atoms with Crippen molar-refractivity contribution in [2.45, 2.75) is 90.1 Å². The zero-order valence-electron chi connectivity index (χ0n) is 15.3. The second-order valence-corrected chi connectivity index (χ2v) is 8.10. The van der Waals surface area contributed by atoms with Crippen LogP contribution in [0.15, 0.2) is 22.8 Å². The van der Waals surface area contributed by atoms with Crippen LogP contribution >= 0.6 is 0 Å². The van der Waals surface area contributed by atoms with Crippen molar-refractivity contribution in [1.82, 2.24) is 0 Å². The van der Waals surface area contributed by atoms with Gasteiger partial charge in [-0.1, -0.05) is 12.5 Å². The fourth-order valence-corrected chi connectivity index (χ4v) is 4.17. The number of carbonyl (C=O) groups is 1. The molecule has 1 fully saturated rings. The smallest absolute Gasteiger partial charge is 0.334 e. The Morgan fingerprint density at radius 1 is 1.21 bits per heavy atom. The van der Waals surface area contributed by atoms with Gasteiger partial charge < -0.3 is 14.6 Å². The van der Waals surface area contributed by atoms with E-state index < -0.39 is 5.60 Å². The zero-order chi connectivity index (χ0) is 17.5. The lowest BCUT2D eigenvalue weighted by atomic mass is 9.81.